The second-order valence-corrected chi connectivity index (χ2v) is 5.93. The summed E-state index contributed by atoms with van der Waals surface area (Å²) in [4.78, 5) is 24.1. The molecule has 2 aliphatic rings. The smallest absolute Gasteiger partial charge is 0.307 e. The van der Waals surface area contributed by atoms with Crippen molar-refractivity contribution in [3.63, 3.8) is 0 Å². The SMILES string of the molecule is COc1cc(NC(=O)[C@H]2[C@@H](C(=O)O)[C@H]3C=C[C@H]2C3)cc(OC)c1. The first kappa shape index (κ1) is 15.4. The van der Waals surface area contributed by atoms with Crippen LogP contribution in [0.3, 0.4) is 0 Å². The molecule has 0 saturated heterocycles. The van der Waals surface area contributed by atoms with Crippen LogP contribution in [0.1, 0.15) is 6.42 Å². The van der Waals surface area contributed by atoms with Gasteiger partial charge < -0.3 is 19.9 Å². The van der Waals surface area contributed by atoms with Gasteiger partial charge in [-0.25, -0.2) is 0 Å². The Morgan fingerprint density at radius 2 is 1.61 bits per heavy atom. The Kier molecular flexibility index (Phi) is 3.98. The summed E-state index contributed by atoms with van der Waals surface area (Å²) in [5.74, 6) is -1.32. The number of carboxylic acids is 1. The number of carbonyl (C=O) groups is 2. The van der Waals surface area contributed by atoms with Gasteiger partial charge in [-0.3, -0.25) is 9.59 Å². The van der Waals surface area contributed by atoms with Crippen LogP contribution in [0.25, 0.3) is 0 Å². The number of aliphatic carboxylic acids is 1. The summed E-state index contributed by atoms with van der Waals surface area (Å²) in [5, 5.41) is 12.2. The summed E-state index contributed by atoms with van der Waals surface area (Å²) in [7, 11) is 3.06. The van der Waals surface area contributed by atoms with Crippen molar-refractivity contribution >= 4 is 17.6 Å². The standard InChI is InChI=1S/C17H19NO5/c1-22-12-6-11(7-13(8-12)23-2)18-16(19)14-9-3-4-10(5-9)15(14)17(20)21/h3-4,6-10,14-15H,5H2,1-2H3,(H,18,19)(H,20,21)/t9-,10-,14+,15-/m0/s1. The molecule has 2 aliphatic carbocycles. The van der Waals surface area contributed by atoms with Crippen LogP contribution in [0.15, 0.2) is 30.4 Å². The number of carboxylic acid groups (broad SMARTS) is 1. The summed E-state index contributed by atoms with van der Waals surface area (Å²) in [6, 6.07) is 5.06. The molecular formula is C17H19NO5. The maximum atomic E-state index is 12.6. The molecule has 23 heavy (non-hydrogen) atoms. The molecule has 1 saturated carbocycles. The number of anilines is 1. The normalized spacial score (nSPS) is 27.7. The zero-order chi connectivity index (χ0) is 16.6. The molecule has 0 spiro atoms. The van der Waals surface area contributed by atoms with E-state index in [0.29, 0.717) is 17.2 Å². The molecule has 1 aromatic carbocycles. The van der Waals surface area contributed by atoms with Crippen LogP contribution in [-0.2, 0) is 9.59 Å². The molecule has 2 bridgehead atoms. The summed E-state index contributed by atoms with van der Waals surface area (Å²) < 4.78 is 10.4. The average Bonchev–Trinajstić information content (AvgIpc) is 3.15. The fourth-order valence-electron chi connectivity index (χ4n) is 3.62. The molecule has 0 radical (unpaired) electrons. The number of nitrogens with one attached hydrogen (secondary N) is 1. The van der Waals surface area contributed by atoms with E-state index in [4.69, 9.17) is 9.47 Å². The molecule has 2 N–H and O–H groups in total. The number of methoxy groups -OCH3 is 2. The Labute approximate surface area is 134 Å². The van der Waals surface area contributed by atoms with Crippen molar-refractivity contribution in [3.05, 3.63) is 30.4 Å². The van der Waals surface area contributed by atoms with Gasteiger partial charge in [-0.05, 0) is 18.3 Å². The van der Waals surface area contributed by atoms with E-state index in [0.717, 1.165) is 6.42 Å². The maximum absolute atomic E-state index is 12.6. The van der Waals surface area contributed by atoms with Gasteiger partial charge in [-0.1, -0.05) is 12.2 Å². The van der Waals surface area contributed by atoms with Gasteiger partial charge in [0.25, 0.3) is 0 Å². The van der Waals surface area contributed by atoms with Crippen molar-refractivity contribution in [1.29, 1.82) is 0 Å². The summed E-state index contributed by atoms with van der Waals surface area (Å²) in [5.41, 5.74) is 0.530. The van der Waals surface area contributed by atoms with Crippen molar-refractivity contribution in [3.8, 4) is 11.5 Å². The predicted molar refractivity (Wildman–Crippen MR) is 83.5 cm³/mol. The number of allylic oxidation sites excluding steroid dienone is 2. The first-order valence-electron chi connectivity index (χ1n) is 7.48. The van der Waals surface area contributed by atoms with Crippen LogP contribution < -0.4 is 14.8 Å². The first-order chi connectivity index (χ1) is 11.0. The number of rotatable bonds is 5. The fourth-order valence-corrected chi connectivity index (χ4v) is 3.62. The predicted octanol–water partition coefficient (Wildman–Crippen LogP) is 2.17. The van der Waals surface area contributed by atoms with Crippen LogP contribution in [0.2, 0.25) is 0 Å². The van der Waals surface area contributed by atoms with Crippen LogP contribution in [0.4, 0.5) is 5.69 Å². The van der Waals surface area contributed by atoms with Gasteiger partial charge in [0, 0.05) is 23.9 Å². The molecule has 6 nitrogen and oxygen atoms in total. The summed E-state index contributed by atoms with van der Waals surface area (Å²) in [6.07, 6.45) is 4.61. The van der Waals surface area contributed by atoms with Gasteiger partial charge in [0.2, 0.25) is 5.91 Å². The molecule has 1 fully saturated rings. The molecule has 1 amide bonds. The quantitative estimate of drug-likeness (QED) is 0.813. The van der Waals surface area contributed by atoms with Crippen molar-refractivity contribution in [2.24, 2.45) is 23.7 Å². The molecule has 0 aromatic heterocycles. The Balaban J connectivity index is 1.82. The van der Waals surface area contributed by atoms with Gasteiger partial charge in [0.1, 0.15) is 11.5 Å². The Morgan fingerprint density at radius 1 is 1.04 bits per heavy atom. The third kappa shape index (κ3) is 2.76. The number of amides is 1. The van der Waals surface area contributed by atoms with E-state index in [1.165, 1.54) is 14.2 Å². The van der Waals surface area contributed by atoms with Crippen LogP contribution in [0, 0.1) is 23.7 Å². The minimum atomic E-state index is -0.912. The number of fused-ring (bicyclic) bond motifs is 2. The fraction of sp³-hybridized carbons (Fsp3) is 0.412. The van der Waals surface area contributed by atoms with Crippen LogP contribution in [0.5, 0.6) is 11.5 Å². The molecular weight excluding hydrogens is 298 g/mol. The molecule has 1 aromatic rings. The van der Waals surface area contributed by atoms with Gasteiger partial charge in [0.15, 0.2) is 0 Å². The van der Waals surface area contributed by atoms with Crippen molar-refractivity contribution in [2.45, 2.75) is 6.42 Å². The Morgan fingerprint density at radius 3 is 2.13 bits per heavy atom. The molecule has 122 valence electrons. The topological polar surface area (TPSA) is 84.9 Å². The average molecular weight is 317 g/mol. The lowest BCUT2D eigenvalue weighted by atomic mass is 9.82. The summed E-state index contributed by atoms with van der Waals surface area (Å²) >= 11 is 0. The Hall–Kier alpha value is -2.50. The molecule has 6 heteroatoms. The van der Waals surface area contributed by atoms with Crippen molar-refractivity contribution in [2.75, 3.05) is 19.5 Å². The largest absolute Gasteiger partial charge is 0.497 e. The van der Waals surface area contributed by atoms with Gasteiger partial charge in [0.05, 0.1) is 26.1 Å². The monoisotopic (exact) mass is 317 g/mol. The highest BCUT2D eigenvalue weighted by Gasteiger charge is 2.51. The Bertz CT molecular complexity index is 647. The molecule has 4 atom stereocenters. The van der Waals surface area contributed by atoms with Crippen LogP contribution in [-0.4, -0.2) is 31.2 Å². The zero-order valence-corrected chi connectivity index (χ0v) is 13.0. The molecule has 3 rings (SSSR count). The molecule has 0 unspecified atom stereocenters. The second kappa shape index (κ2) is 5.95. The highest BCUT2D eigenvalue weighted by molar-refractivity contribution is 5.96. The highest BCUT2D eigenvalue weighted by atomic mass is 16.5. The van der Waals surface area contributed by atoms with Crippen LogP contribution >= 0.6 is 0 Å². The van der Waals surface area contributed by atoms with E-state index in [1.807, 2.05) is 12.2 Å². The lowest BCUT2D eigenvalue weighted by molar-refractivity contribution is -0.146. The third-order valence-corrected chi connectivity index (χ3v) is 4.67. The second-order valence-electron chi connectivity index (χ2n) is 5.93. The number of ether oxygens (including phenoxy) is 2. The van der Waals surface area contributed by atoms with Gasteiger partial charge in [-0.15, -0.1) is 0 Å². The van der Waals surface area contributed by atoms with E-state index in [2.05, 4.69) is 5.32 Å². The third-order valence-electron chi connectivity index (χ3n) is 4.67. The first-order valence-corrected chi connectivity index (χ1v) is 7.48. The van der Waals surface area contributed by atoms with E-state index in [9.17, 15) is 14.7 Å². The van der Waals surface area contributed by atoms with Crippen molar-refractivity contribution < 1.29 is 24.2 Å². The lowest BCUT2D eigenvalue weighted by Gasteiger charge is -2.24. The van der Waals surface area contributed by atoms with E-state index in [1.54, 1.807) is 18.2 Å². The maximum Gasteiger partial charge on any atom is 0.307 e. The number of benzene rings is 1. The minimum Gasteiger partial charge on any atom is -0.497 e. The van der Waals surface area contributed by atoms with E-state index in [-0.39, 0.29) is 17.7 Å². The molecule has 0 aliphatic heterocycles. The van der Waals surface area contributed by atoms with Crippen molar-refractivity contribution in [1.82, 2.24) is 0 Å². The molecule has 0 heterocycles. The summed E-state index contributed by atoms with van der Waals surface area (Å²) in [6.45, 7) is 0. The zero-order valence-electron chi connectivity index (χ0n) is 13.0. The number of hydrogen-bond donors (Lipinski definition) is 2. The number of carbonyl (C=O) groups excluding carboxylic acids is 1. The van der Waals surface area contributed by atoms with Gasteiger partial charge in [-0.2, -0.15) is 0 Å². The number of hydrogen-bond acceptors (Lipinski definition) is 4. The van der Waals surface area contributed by atoms with Gasteiger partial charge >= 0.3 is 5.97 Å². The van der Waals surface area contributed by atoms with E-state index < -0.39 is 17.8 Å². The minimum absolute atomic E-state index is 0.00592. The highest BCUT2D eigenvalue weighted by Crippen LogP contribution is 2.48. The van der Waals surface area contributed by atoms with E-state index >= 15 is 0 Å². The lowest BCUT2D eigenvalue weighted by Crippen LogP contribution is -2.36.